The van der Waals surface area contributed by atoms with Crippen LogP contribution in [0.2, 0.25) is 0 Å². The van der Waals surface area contributed by atoms with Gasteiger partial charge in [0, 0.05) is 12.2 Å². The molecule has 0 aliphatic carbocycles. The van der Waals surface area contributed by atoms with Crippen LogP contribution in [-0.2, 0) is 13.1 Å². The van der Waals surface area contributed by atoms with E-state index >= 15 is 0 Å². The first-order valence-electron chi connectivity index (χ1n) is 6.48. The van der Waals surface area contributed by atoms with E-state index in [1.54, 1.807) is 17.1 Å². The Bertz CT molecular complexity index is 529. The van der Waals surface area contributed by atoms with Crippen LogP contribution in [0.1, 0.15) is 31.3 Å². The number of rotatable bonds is 6. The Hall–Kier alpha value is -1.85. The van der Waals surface area contributed by atoms with E-state index in [-0.39, 0.29) is 0 Å². The summed E-state index contributed by atoms with van der Waals surface area (Å²) in [6.07, 6.45) is 3.54. The van der Waals surface area contributed by atoms with Crippen LogP contribution in [0.25, 0.3) is 0 Å². The summed E-state index contributed by atoms with van der Waals surface area (Å²) in [5, 5.41) is 11.8. The molecule has 0 fully saturated rings. The highest BCUT2D eigenvalue weighted by Crippen LogP contribution is 2.16. The smallest absolute Gasteiger partial charge is 0.109 e. The molecule has 0 amide bonds. The van der Waals surface area contributed by atoms with Gasteiger partial charge in [-0.25, -0.2) is 4.39 Å². The van der Waals surface area contributed by atoms with E-state index in [1.165, 1.54) is 0 Å². The number of nitrogens with zero attached hydrogens (tertiary/aromatic N) is 4. The molecule has 0 radical (unpaired) electrons. The van der Waals surface area contributed by atoms with E-state index in [4.69, 9.17) is 0 Å². The number of hydrogen-bond donors (Lipinski definition) is 1. The Balaban J connectivity index is 2.04. The third-order valence-electron chi connectivity index (χ3n) is 3.10. The largest absolute Gasteiger partial charge is 0.377 e. The molecule has 0 bridgehead atoms. The number of aryl methyl sites for hydroxylation is 1. The van der Waals surface area contributed by atoms with Crippen LogP contribution >= 0.6 is 0 Å². The van der Waals surface area contributed by atoms with Crippen LogP contribution in [0.4, 0.5) is 10.1 Å². The minimum absolute atomic E-state index is 0.303. The van der Waals surface area contributed by atoms with Crippen molar-refractivity contribution < 1.29 is 4.39 Å². The molecule has 0 unspecified atom stereocenters. The molecule has 0 aliphatic rings. The van der Waals surface area contributed by atoms with E-state index in [0.717, 1.165) is 17.1 Å². The summed E-state index contributed by atoms with van der Waals surface area (Å²) >= 11 is 0. The Labute approximate surface area is 112 Å². The quantitative estimate of drug-likeness (QED) is 0.873. The van der Waals surface area contributed by atoms with Crippen molar-refractivity contribution in [1.29, 1.82) is 0 Å². The van der Waals surface area contributed by atoms with Crippen LogP contribution in [0.5, 0.6) is 0 Å². The normalized spacial score (nSPS) is 11.2. The summed E-state index contributed by atoms with van der Waals surface area (Å²) in [6, 6.07) is 2.33. The number of aromatic nitrogens is 4. The fourth-order valence-electron chi connectivity index (χ4n) is 2.06. The lowest BCUT2D eigenvalue weighted by Crippen LogP contribution is -2.11. The van der Waals surface area contributed by atoms with E-state index < -0.39 is 6.67 Å². The highest BCUT2D eigenvalue weighted by atomic mass is 19.1. The molecule has 2 heterocycles. The monoisotopic (exact) mass is 265 g/mol. The number of nitrogens with one attached hydrogen (secondary N) is 1. The van der Waals surface area contributed by atoms with Crippen molar-refractivity contribution in [3.05, 3.63) is 29.8 Å². The van der Waals surface area contributed by atoms with Gasteiger partial charge in [-0.15, -0.1) is 0 Å². The minimum Gasteiger partial charge on any atom is -0.377 e. The average molecular weight is 265 g/mol. The maximum absolute atomic E-state index is 12.3. The summed E-state index contributed by atoms with van der Waals surface area (Å²) in [4.78, 5) is 0. The summed E-state index contributed by atoms with van der Waals surface area (Å²) in [5.74, 6) is 0. The van der Waals surface area contributed by atoms with Crippen molar-refractivity contribution in [3.63, 3.8) is 0 Å². The molecular formula is C13H20FN5. The second-order valence-electron chi connectivity index (χ2n) is 4.77. The SMILES string of the molecule is Cc1c(NCc2ccnn2C(C)C)cnn1CCF. The number of halogens is 1. The average Bonchev–Trinajstić information content (AvgIpc) is 2.96. The van der Waals surface area contributed by atoms with Gasteiger partial charge in [0.05, 0.1) is 36.4 Å². The van der Waals surface area contributed by atoms with Gasteiger partial charge in [-0.05, 0) is 26.8 Å². The summed E-state index contributed by atoms with van der Waals surface area (Å²) in [7, 11) is 0. The molecule has 5 nitrogen and oxygen atoms in total. The Morgan fingerprint density at radius 3 is 2.84 bits per heavy atom. The molecule has 0 saturated carbocycles. The second-order valence-corrected chi connectivity index (χ2v) is 4.77. The molecule has 1 N–H and O–H groups in total. The zero-order chi connectivity index (χ0) is 13.8. The van der Waals surface area contributed by atoms with Gasteiger partial charge in [0.1, 0.15) is 6.67 Å². The zero-order valence-corrected chi connectivity index (χ0v) is 11.6. The van der Waals surface area contributed by atoms with Crippen LogP contribution in [0.3, 0.4) is 0 Å². The molecule has 0 atom stereocenters. The number of alkyl halides is 1. The molecule has 0 saturated heterocycles. The predicted molar refractivity (Wildman–Crippen MR) is 72.9 cm³/mol. The molecule has 2 aromatic heterocycles. The lowest BCUT2D eigenvalue weighted by molar-refractivity contribution is 0.423. The molecule has 0 aliphatic heterocycles. The van der Waals surface area contributed by atoms with Gasteiger partial charge in [-0.2, -0.15) is 10.2 Å². The predicted octanol–water partition coefficient (Wildman–Crippen LogP) is 2.55. The highest BCUT2D eigenvalue weighted by Gasteiger charge is 2.08. The fourth-order valence-corrected chi connectivity index (χ4v) is 2.06. The summed E-state index contributed by atoms with van der Waals surface area (Å²) < 4.78 is 16.0. The van der Waals surface area contributed by atoms with Crippen molar-refractivity contribution in [2.24, 2.45) is 0 Å². The van der Waals surface area contributed by atoms with Crippen LogP contribution < -0.4 is 5.32 Å². The molecule has 6 heteroatoms. The maximum Gasteiger partial charge on any atom is 0.109 e. The summed E-state index contributed by atoms with van der Waals surface area (Å²) in [6.45, 7) is 6.71. The first kappa shape index (κ1) is 13.6. The van der Waals surface area contributed by atoms with Gasteiger partial charge >= 0.3 is 0 Å². The standard InChI is InChI=1S/C13H20FN5/c1-10(2)19-12(4-6-16-19)8-15-13-9-17-18(7-5-14)11(13)3/h4,6,9-10,15H,5,7-8H2,1-3H3. The first-order chi connectivity index (χ1) is 9.13. The van der Waals surface area contributed by atoms with E-state index in [1.807, 2.05) is 17.7 Å². The van der Waals surface area contributed by atoms with E-state index in [2.05, 4.69) is 29.4 Å². The Morgan fingerprint density at radius 2 is 2.16 bits per heavy atom. The van der Waals surface area contributed by atoms with Crippen LogP contribution in [0, 0.1) is 6.92 Å². The van der Waals surface area contributed by atoms with Gasteiger partial charge in [0.15, 0.2) is 0 Å². The lowest BCUT2D eigenvalue weighted by Gasteiger charge is -2.12. The molecule has 2 aromatic rings. The third-order valence-corrected chi connectivity index (χ3v) is 3.10. The summed E-state index contributed by atoms with van der Waals surface area (Å²) in [5.41, 5.74) is 3.01. The number of anilines is 1. The minimum atomic E-state index is -0.401. The molecule has 2 rings (SSSR count). The van der Waals surface area contributed by atoms with Crippen molar-refractivity contribution in [2.75, 3.05) is 12.0 Å². The topological polar surface area (TPSA) is 47.7 Å². The Morgan fingerprint density at radius 1 is 1.37 bits per heavy atom. The van der Waals surface area contributed by atoms with Gasteiger partial charge in [0.2, 0.25) is 0 Å². The van der Waals surface area contributed by atoms with E-state index in [0.29, 0.717) is 19.1 Å². The first-order valence-corrected chi connectivity index (χ1v) is 6.48. The van der Waals surface area contributed by atoms with Crippen molar-refractivity contribution in [1.82, 2.24) is 19.6 Å². The Kier molecular flexibility index (Phi) is 4.19. The van der Waals surface area contributed by atoms with E-state index in [9.17, 15) is 4.39 Å². The molecule has 0 aromatic carbocycles. The highest BCUT2D eigenvalue weighted by molar-refractivity contribution is 5.46. The fraction of sp³-hybridized carbons (Fsp3) is 0.538. The second kappa shape index (κ2) is 5.86. The van der Waals surface area contributed by atoms with Crippen molar-refractivity contribution >= 4 is 5.69 Å². The molecule has 19 heavy (non-hydrogen) atoms. The van der Waals surface area contributed by atoms with Gasteiger partial charge in [-0.3, -0.25) is 9.36 Å². The van der Waals surface area contributed by atoms with Gasteiger partial charge in [0.25, 0.3) is 0 Å². The van der Waals surface area contributed by atoms with Crippen LogP contribution in [-0.4, -0.2) is 26.2 Å². The van der Waals surface area contributed by atoms with Gasteiger partial charge < -0.3 is 5.32 Å². The van der Waals surface area contributed by atoms with Crippen molar-refractivity contribution in [3.8, 4) is 0 Å². The van der Waals surface area contributed by atoms with Gasteiger partial charge in [-0.1, -0.05) is 0 Å². The third kappa shape index (κ3) is 2.94. The number of hydrogen-bond acceptors (Lipinski definition) is 3. The zero-order valence-electron chi connectivity index (χ0n) is 11.6. The van der Waals surface area contributed by atoms with Crippen molar-refractivity contribution in [2.45, 2.75) is 39.9 Å². The maximum atomic E-state index is 12.3. The van der Waals surface area contributed by atoms with Crippen LogP contribution in [0.15, 0.2) is 18.5 Å². The molecule has 0 spiro atoms. The molecule has 104 valence electrons. The molecular weight excluding hydrogens is 245 g/mol. The lowest BCUT2D eigenvalue weighted by atomic mass is 10.3.